The molecule has 0 heterocycles. The number of ether oxygens (including phenoxy) is 1. The lowest BCUT2D eigenvalue weighted by Crippen LogP contribution is -2.46. The molecule has 2 N–H and O–H groups in total. The molecule has 1 aliphatic carbocycles. The van der Waals surface area contributed by atoms with Crippen LogP contribution in [0.15, 0.2) is 0 Å². The number of hydrogen-bond donors (Lipinski definition) is 2. The summed E-state index contributed by atoms with van der Waals surface area (Å²) in [6.07, 6.45) is 6.61. The van der Waals surface area contributed by atoms with Gasteiger partial charge < -0.3 is 15.4 Å². The van der Waals surface area contributed by atoms with E-state index in [-0.39, 0.29) is 12.0 Å². The van der Waals surface area contributed by atoms with Gasteiger partial charge in [-0.1, -0.05) is 19.3 Å². The van der Waals surface area contributed by atoms with Crippen molar-refractivity contribution in [3.8, 4) is 0 Å². The van der Waals surface area contributed by atoms with Crippen molar-refractivity contribution in [1.82, 2.24) is 10.6 Å². The van der Waals surface area contributed by atoms with E-state index in [1.54, 1.807) is 0 Å². The summed E-state index contributed by atoms with van der Waals surface area (Å²) < 4.78 is 4.90. The third-order valence-corrected chi connectivity index (χ3v) is 3.33. The molecule has 1 aliphatic rings. The lowest BCUT2D eigenvalue weighted by atomic mass is 9.96. The first-order valence-corrected chi connectivity index (χ1v) is 7.25. The minimum Gasteiger partial charge on any atom is -0.466 e. The predicted octanol–water partition coefficient (Wildman–Crippen LogP) is 2.12. The van der Waals surface area contributed by atoms with Gasteiger partial charge in [-0.25, -0.2) is 0 Å². The number of nitrogens with one attached hydrogen (secondary N) is 2. The number of thiocarbonyl (C=S) groups is 1. The van der Waals surface area contributed by atoms with Crippen LogP contribution >= 0.6 is 12.2 Å². The summed E-state index contributed by atoms with van der Waals surface area (Å²) >= 11 is 5.25. The first-order valence-electron chi connectivity index (χ1n) is 6.84. The van der Waals surface area contributed by atoms with Crippen LogP contribution in [-0.4, -0.2) is 29.8 Å². The maximum atomic E-state index is 11.3. The Hall–Kier alpha value is -0.840. The fraction of sp³-hybridized carbons (Fsp3) is 0.846. The largest absolute Gasteiger partial charge is 0.466 e. The number of hydrogen-bond acceptors (Lipinski definition) is 3. The zero-order chi connectivity index (χ0) is 13.4. The van der Waals surface area contributed by atoms with Gasteiger partial charge in [-0.05, 0) is 38.9 Å². The molecule has 0 aromatic rings. The zero-order valence-corrected chi connectivity index (χ0v) is 12.1. The average molecular weight is 272 g/mol. The Kier molecular flexibility index (Phi) is 7.01. The molecule has 1 fully saturated rings. The summed E-state index contributed by atoms with van der Waals surface area (Å²) in [4.78, 5) is 11.3. The van der Waals surface area contributed by atoms with Gasteiger partial charge in [0.05, 0.1) is 13.0 Å². The monoisotopic (exact) mass is 272 g/mol. The fourth-order valence-corrected chi connectivity index (χ4v) is 2.59. The third kappa shape index (κ3) is 6.19. The van der Waals surface area contributed by atoms with E-state index in [2.05, 4.69) is 10.6 Å². The molecule has 0 radical (unpaired) electrons. The first-order chi connectivity index (χ1) is 8.61. The Morgan fingerprint density at radius 1 is 1.39 bits per heavy atom. The topological polar surface area (TPSA) is 50.4 Å². The first kappa shape index (κ1) is 15.2. The summed E-state index contributed by atoms with van der Waals surface area (Å²) in [5.74, 6) is -0.182. The van der Waals surface area contributed by atoms with Crippen LogP contribution in [0.3, 0.4) is 0 Å². The van der Waals surface area contributed by atoms with Gasteiger partial charge in [-0.15, -0.1) is 0 Å². The van der Waals surface area contributed by atoms with E-state index in [1.807, 2.05) is 13.8 Å². The maximum Gasteiger partial charge on any atom is 0.307 e. The molecule has 0 aliphatic heterocycles. The predicted molar refractivity (Wildman–Crippen MR) is 76.5 cm³/mol. The van der Waals surface area contributed by atoms with Crippen molar-refractivity contribution in [2.75, 3.05) is 6.61 Å². The average Bonchev–Trinajstić information content (AvgIpc) is 2.29. The van der Waals surface area contributed by atoms with Gasteiger partial charge in [-0.2, -0.15) is 0 Å². The lowest BCUT2D eigenvalue weighted by Gasteiger charge is -2.25. The van der Waals surface area contributed by atoms with Crippen molar-refractivity contribution in [2.24, 2.45) is 0 Å². The molecule has 1 atom stereocenters. The summed E-state index contributed by atoms with van der Waals surface area (Å²) in [6.45, 7) is 4.17. The minimum absolute atomic E-state index is 0.00707. The summed E-state index contributed by atoms with van der Waals surface area (Å²) in [7, 11) is 0. The van der Waals surface area contributed by atoms with E-state index in [0.29, 0.717) is 24.2 Å². The van der Waals surface area contributed by atoms with Crippen molar-refractivity contribution in [1.29, 1.82) is 0 Å². The molecule has 1 rings (SSSR count). The molecule has 0 saturated heterocycles. The van der Waals surface area contributed by atoms with Crippen LogP contribution in [0.1, 0.15) is 52.4 Å². The number of esters is 1. The maximum absolute atomic E-state index is 11.3. The van der Waals surface area contributed by atoms with E-state index in [9.17, 15) is 4.79 Å². The molecule has 4 nitrogen and oxygen atoms in total. The van der Waals surface area contributed by atoms with E-state index >= 15 is 0 Å². The second kappa shape index (κ2) is 8.29. The lowest BCUT2D eigenvalue weighted by molar-refractivity contribution is -0.143. The number of rotatable bonds is 5. The van der Waals surface area contributed by atoms with Crippen molar-refractivity contribution in [3.63, 3.8) is 0 Å². The molecule has 0 amide bonds. The second-order valence-corrected chi connectivity index (χ2v) is 5.27. The van der Waals surface area contributed by atoms with Gasteiger partial charge in [0, 0.05) is 12.1 Å². The quantitative estimate of drug-likeness (QED) is 0.593. The zero-order valence-electron chi connectivity index (χ0n) is 11.3. The van der Waals surface area contributed by atoms with Gasteiger partial charge in [0.2, 0.25) is 0 Å². The van der Waals surface area contributed by atoms with Crippen molar-refractivity contribution in [3.05, 3.63) is 0 Å². The number of carbonyl (C=O) groups is 1. The van der Waals surface area contributed by atoms with Crippen LogP contribution in [0.4, 0.5) is 0 Å². The van der Waals surface area contributed by atoms with E-state index in [0.717, 1.165) is 0 Å². The summed E-state index contributed by atoms with van der Waals surface area (Å²) in [6, 6.07) is 0.501. The van der Waals surface area contributed by atoms with Crippen LogP contribution in [0, 0.1) is 0 Å². The molecule has 1 unspecified atom stereocenters. The fourth-order valence-electron chi connectivity index (χ4n) is 2.22. The highest BCUT2D eigenvalue weighted by Gasteiger charge is 2.16. The van der Waals surface area contributed by atoms with Gasteiger partial charge in [0.1, 0.15) is 0 Å². The SMILES string of the molecule is CCOC(=O)CC(C)NC(=S)NC1CCCCC1. The Balaban J connectivity index is 2.19. The molecule has 0 aromatic carbocycles. The van der Waals surface area contributed by atoms with Crippen LogP contribution in [0.25, 0.3) is 0 Å². The highest BCUT2D eigenvalue weighted by Crippen LogP contribution is 2.17. The van der Waals surface area contributed by atoms with Crippen LogP contribution < -0.4 is 10.6 Å². The molecule has 0 bridgehead atoms. The molecule has 1 saturated carbocycles. The van der Waals surface area contributed by atoms with Gasteiger partial charge >= 0.3 is 5.97 Å². The minimum atomic E-state index is -0.182. The Labute approximate surface area is 115 Å². The smallest absolute Gasteiger partial charge is 0.307 e. The molecular weight excluding hydrogens is 248 g/mol. The van der Waals surface area contributed by atoms with E-state index in [4.69, 9.17) is 17.0 Å². The highest BCUT2D eigenvalue weighted by molar-refractivity contribution is 7.80. The molecule has 18 heavy (non-hydrogen) atoms. The molecule has 104 valence electrons. The van der Waals surface area contributed by atoms with Crippen LogP contribution in [-0.2, 0) is 9.53 Å². The number of carbonyl (C=O) groups excluding carboxylic acids is 1. The van der Waals surface area contributed by atoms with Gasteiger partial charge in [-0.3, -0.25) is 4.79 Å². The van der Waals surface area contributed by atoms with E-state index < -0.39 is 0 Å². The Morgan fingerprint density at radius 2 is 2.06 bits per heavy atom. The Morgan fingerprint density at radius 3 is 2.67 bits per heavy atom. The van der Waals surface area contributed by atoms with Crippen molar-refractivity contribution >= 4 is 23.3 Å². The van der Waals surface area contributed by atoms with Crippen molar-refractivity contribution in [2.45, 2.75) is 64.5 Å². The standard InChI is InChI=1S/C13H24N2O2S/c1-3-17-12(16)9-10(2)14-13(18)15-11-7-5-4-6-8-11/h10-11H,3-9H2,1-2H3,(H2,14,15,18). The van der Waals surface area contributed by atoms with Crippen LogP contribution in [0.5, 0.6) is 0 Å². The third-order valence-electron chi connectivity index (χ3n) is 3.10. The molecular formula is C13H24N2O2S. The summed E-state index contributed by atoms with van der Waals surface area (Å²) in [5, 5.41) is 7.11. The Bertz CT molecular complexity index is 278. The van der Waals surface area contributed by atoms with Crippen LogP contribution in [0.2, 0.25) is 0 Å². The second-order valence-electron chi connectivity index (χ2n) is 4.86. The molecule has 0 aromatic heterocycles. The van der Waals surface area contributed by atoms with Gasteiger partial charge in [0.15, 0.2) is 5.11 Å². The highest BCUT2D eigenvalue weighted by atomic mass is 32.1. The summed E-state index contributed by atoms with van der Waals surface area (Å²) in [5.41, 5.74) is 0. The molecule has 5 heteroatoms. The molecule has 0 spiro atoms. The van der Waals surface area contributed by atoms with Crippen molar-refractivity contribution < 1.29 is 9.53 Å². The van der Waals surface area contributed by atoms with E-state index in [1.165, 1.54) is 32.1 Å². The van der Waals surface area contributed by atoms with Gasteiger partial charge in [0.25, 0.3) is 0 Å². The normalized spacial score (nSPS) is 17.9.